The van der Waals surface area contributed by atoms with Crippen LogP contribution in [0.4, 0.5) is 5.69 Å². The standard InChI is InChI=1S/C12H17N3O4S.ClH/c1-9-7-11(15(16)17)8-10(2)12(9)20(18,19)14-5-3-13-4-6-14;/h7-8,13H,3-6H2,1-2H3;1H. The highest BCUT2D eigenvalue weighted by atomic mass is 35.5. The van der Waals surface area contributed by atoms with E-state index in [0.29, 0.717) is 37.3 Å². The molecular formula is C12H18ClN3O4S. The normalized spacial score (nSPS) is 16.3. The molecule has 1 aliphatic heterocycles. The lowest BCUT2D eigenvalue weighted by atomic mass is 10.1. The number of nitro benzene ring substituents is 1. The van der Waals surface area contributed by atoms with Gasteiger partial charge in [-0.1, -0.05) is 0 Å². The fraction of sp³-hybridized carbons (Fsp3) is 0.500. The largest absolute Gasteiger partial charge is 0.314 e. The summed E-state index contributed by atoms with van der Waals surface area (Å²) >= 11 is 0. The first kappa shape index (κ1) is 17.8. The Morgan fingerprint density at radius 2 is 1.67 bits per heavy atom. The van der Waals surface area contributed by atoms with Gasteiger partial charge in [-0.2, -0.15) is 4.31 Å². The number of nitrogens with one attached hydrogen (secondary N) is 1. The molecule has 0 spiro atoms. The maximum atomic E-state index is 12.6. The molecular weight excluding hydrogens is 318 g/mol. The first-order valence-corrected chi connectivity index (χ1v) is 7.74. The van der Waals surface area contributed by atoms with Crippen LogP contribution in [0.1, 0.15) is 11.1 Å². The molecule has 0 aromatic heterocycles. The number of benzene rings is 1. The zero-order valence-corrected chi connectivity index (χ0v) is 13.5. The molecule has 7 nitrogen and oxygen atoms in total. The van der Waals surface area contributed by atoms with Crippen molar-refractivity contribution in [2.75, 3.05) is 26.2 Å². The number of hydrogen-bond acceptors (Lipinski definition) is 5. The molecule has 0 amide bonds. The Hall–Kier alpha value is -1.22. The minimum Gasteiger partial charge on any atom is -0.314 e. The molecule has 0 radical (unpaired) electrons. The van der Waals surface area contributed by atoms with Crippen LogP contribution in [0.25, 0.3) is 0 Å². The van der Waals surface area contributed by atoms with Crippen molar-refractivity contribution in [1.82, 2.24) is 9.62 Å². The third kappa shape index (κ3) is 3.52. The second kappa shape index (κ2) is 6.69. The number of sulfonamides is 1. The quantitative estimate of drug-likeness (QED) is 0.662. The number of rotatable bonds is 3. The number of hydrogen-bond donors (Lipinski definition) is 1. The third-order valence-electron chi connectivity index (χ3n) is 3.33. The molecule has 1 aromatic rings. The molecule has 0 bridgehead atoms. The van der Waals surface area contributed by atoms with Crippen molar-refractivity contribution in [2.24, 2.45) is 0 Å². The summed E-state index contributed by atoms with van der Waals surface area (Å²) in [6.45, 7) is 5.25. The van der Waals surface area contributed by atoms with Gasteiger partial charge in [-0.25, -0.2) is 8.42 Å². The molecule has 0 unspecified atom stereocenters. The van der Waals surface area contributed by atoms with E-state index in [0.717, 1.165) is 0 Å². The van der Waals surface area contributed by atoms with Crippen molar-refractivity contribution in [3.63, 3.8) is 0 Å². The SMILES string of the molecule is Cc1cc([N+](=O)[O-])cc(C)c1S(=O)(=O)N1CCNCC1.Cl. The van der Waals surface area contributed by atoms with Gasteiger partial charge in [0.05, 0.1) is 9.82 Å². The number of piperazine rings is 1. The predicted molar refractivity (Wildman–Crippen MR) is 81.4 cm³/mol. The summed E-state index contributed by atoms with van der Waals surface area (Å²) in [5.41, 5.74) is 0.740. The number of aryl methyl sites for hydroxylation is 2. The summed E-state index contributed by atoms with van der Waals surface area (Å²) in [4.78, 5) is 10.5. The van der Waals surface area contributed by atoms with Crippen LogP contribution in [-0.2, 0) is 10.0 Å². The van der Waals surface area contributed by atoms with E-state index in [2.05, 4.69) is 5.32 Å². The van der Waals surface area contributed by atoms with Crippen LogP contribution >= 0.6 is 12.4 Å². The van der Waals surface area contributed by atoms with Crippen molar-refractivity contribution in [1.29, 1.82) is 0 Å². The highest BCUT2D eigenvalue weighted by molar-refractivity contribution is 7.89. The molecule has 1 fully saturated rings. The minimum atomic E-state index is -3.60. The molecule has 0 saturated carbocycles. The Morgan fingerprint density at radius 1 is 1.19 bits per heavy atom. The van der Waals surface area contributed by atoms with Gasteiger partial charge in [0, 0.05) is 38.3 Å². The van der Waals surface area contributed by atoms with E-state index in [1.54, 1.807) is 13.8 Å². The van der Waals surface area contributed by atoms with Crippen LogP contribution < -0.4 is 5.32 Å². The zero-order valence-electron chi connectivity index (χ0n) is 11.8. The summed E-state index contributed by atoms with van der Waals surface area (Å²) in [5, 5.41) is 13.9. The summed E-state index contributed by atoms with van der Waals surface area (Å²) in [5.74, 6) is 0. The number of nitrogens with zero attached hydrogens (tertiary/aromatic N) is 2. The van der Waals surface area contributed by atoms with Crippen molar-refractivity contribution in [3.8, 4) is 0 Å². The van der Waals surface area contributed by atoms with Gasteiger partial charge in [0.15, 0.2) is 0 Å². The molecule has 0 aliphatic carbocycles. The van der Waals surface area contributed by atoms with Crippen molar-refractivity contribution in [2.45, 2.75) is 18.7 Å². The Labute approximate surface area is 129 Å². The first-order chi connectivity index (χ1) is 9.34. The van der Waals surface area contributed by atoms with Gasteiger partial charge in [-0.15, -0.1) is 12.4 Å². The maximum absolute atomic E-state index is 12.6. The van der Waals surface area contributed by atoms with Gasteiger partial charge in [0.25, 0.3) is 5.69 Å². The second-order valence-corrected chi connectivity index (χ2v) is 6.69. The molecule has 1 aliphatic rings. The fourth-order valence-corrected chi connectivity index (χ4v) is 4.31. The molecule has 118 valence electrons. The second-order valence-electron chi connectivity index (χ2n) is 4.82. The van der Waals surface area contributed by atoms with Gasteiger partial charge >= 0.3 is 0 Å². The van der Waals surface area contributed by atoms with E-state index in [1.165, 1.54) is 16.4 Å². The summed E-state index contributed by atoms with van der Waals surface area (Å²) in [7, 11) is -3.60. The van der Waals surface area contributed by atoms with Crippen LogP contribution in [0.15, 0.2) is 17.0 Å². The van der Waals surface area contributed by atoms with Crippen LogP contribution in [0.5, 0.6) is 0 Å². The Balaban J connectivity index is 0.00000220. The van der Waals surface area contributed by atoms with E-state index < -0.39 is 14.9 Å². The molecule has 1 aromatic carbocycles. The van der Waals surface area contributed by atoms with Crippen LogP contribution in [0, 0.1) is 24.0 Å². The topological polar surface area (TPSA) is 92.5 Å². The van der Waals surface area contributed by atoms with E-state index in [4.69, 9.17) is 0 Å². The zero-order chi connectivity index (χ0) is 14.9. The Morgan fingerprint density at radius 3 is 2.10 bits per heavy atom. The molecule has 0 atom stereocenters. The maximum Gasteiger partial charge on any atom is 0.270 e. The average Bonchev–Trinajstić information content (AvgIpc) is 2.38. The lowest BCUT2D eigenvalue weighted by molar-refractivity contribution is -0.385. The molecule has 2 rings (SSSR count). The first-order valence-electron chi connectivity index (χ1n) is 6.30. The van der Waals surface area contributed by atoms with Gasteiger partial charge < -0.3 is 5.32 Å². The molecule has 9 heteroatoms. The number of halogens is 1. The van der Waals surface area contributed by atoms with E-state index in [-0.39, 0.29) is 23.0 Å². The van der Waals surface area contributed by atoms with Gasteiger partial charge in [0.2, 0.25) is 10.0 Å². The number of non-ortho nitro benzene ring substituents is 1. The average molecular weight is 336 g/mol. The van der Waals surface area contributed by atoms with Crippen molar-refractivity contribution < 1.29 is 13.3 Å². The lowest BCUT2D eigenvalue weighted by Gasteiger charge is -2.27. The van der Waals surface area contributed by atoms with Gasteiger partial charge in [0.1, 0.15) is 0 Å². The minimum absolute atomic E-state index is 0. The number of nitro groups is 1. The van der Waals surface area contributed by atoms with Crippen LogP contribution in [0.2, 0.25) is 0 Å². The monoisotopic (exact) mass is 335 g/mol. The molecule has 1 heterocycles. The summed E-state index contributed by atoms with van der Waals surface area (Å²) in [6.07, 6.45) is 0. The fourth-order valence-electron chi connectivity index (χ4n) is 2.45. The van der Waals surface area contributed by atoms with E-state index in [1.807, 2.05) is 0 Å². The Bertz CT molecular complexity index is 619. The molecule has 21 heavy (non-hydrogen) atoms. The van der Waals surface area contributed by atoms with E-state index >= 15 is 0 Å². The van der Waals surface area contributed by atoms with Crippen LogP contribution in [-0.4, -0.2) is 43.8 Å². The lowest BCUT2D eigenvalue weighted by Crippen LogP contribution is -2.46. The van der Waals surface area contributed by atoms with Gasteiger partial charge in [-0.05, 0) is 25.0 Å². The van der Waals surface area contributed by atoms with Crippen LogP contribution in [0.3, 0.4) is 0 Å². The van der Waals surface area contributed by atoms with E-state index in [9.17, 15) is 18.5 Å². The highest BCUT2D eigenvalue weighted by Crippen LogP contribution is 2.28. The van der Waals surface area contributed by atoms with Crippen molar-refractivity contribution >= 4 is 28.1 Å². The van der Waals surface area contributed by atoms with Gasteiger partial charge in [-0.3, -0.25) is 10.1 Å². The summed E-state index contributed by atoms with van der Waals surface area (Å²) < 4.78 is 26.7. The smallest absolute Gasteiger partial charge is 0.270 e. The Kier molecular flexibility index (Phi) is 5.68. The molecule has 1 N–H and O–H groups in total. The predicted octanol–water partition coefficient (Wildman–Crippen LogP) is 1.23. The molecule has 1 saturated heterocycles. The highest BCUT2D eigenvalue weighted by Gasteiger charge is 2.29. The summed E-state index contributed by atoms with van der Waals surface area (Å²) in [6, 6.07) is 2.62. The van der Waals surface area contributed by atoms with Crippen molar-refractivity contribution in [3.05, 3.63) is 33.4 Å². The third-order valence-corrected chi connectivity index (χ3v) is 5.53.